The van der Waals surface area contributed by atoms with Crippen LogP contribution in [0.15, 0.2) is 102 Å². The molecule has 0 bridgehead atoms. The van der Waals surface area contributed by atoms with E-state index in [1.807, 2.05) is 89.6 Å². The number of benzene rings is 3. The molecular weight excluding hydrogens is 422 g/mol. The fourth-order valence-electron chi connectivity index (χ4n) is 3.78. The first kappa shape index (κ1) is 19.7. The van der Waals surface area contributed by atoms with Crippen molar-refractivity contribution in [3.8, 4) is 0 Å². The van der Waals surface area contributed by atoms with E-state index in [-0.39, 0.29) is 5.91 Å². The largest absolute Gasteiger partial charge is 0.374 e. The van der Waals surface area contributed by atoms with Gasteiger partial charge in [0.15, 0.2) is 5.60 Å². The number of anilines is 1. The maximum Gasteiger partial charge on any atom is 0.255 e. The van der Waals surface area contributed by atoms with Crippen molar-refractivity contribution in [3.05, 3.63) is 123 Å². The number of fused-ring (bicyclic) bond motifs is 1. The first-order valence-electron chi connectivity index (χ1n) is 9.86. The highest BCUT2D eigenvalue weighted by Crippen LogP contribution is 2.45. The lowest BCUT2D eigenvalue weighted by Crippen LogP contribution is -2.28. The summed E-state index contributed by atoms with van der Waals surface area (Å²) in [6.45, 7) is 0. The van der Waals surface area contributed by atoms with Crippen LogP contribution >= 0.6 is 22.7 Å². The van der Waals surface area contributed by atoms with Crippen LogP contribution in [0.4, 0.5) is 5.69 Å². The van der Waals surface area contributed by atoms with E-state index in [1.54, 1.807) is 12.1 Å². The van der Waals surface area contributed by atoms with Crippen molar-refractivity contribution in [3.63, 3.8) is 0 Å². The lowest BCUT2D eigenvalue weighted by Gasteiger charge is -2.29. The Balaban J connectivity index is 1.73. The molecule has 0 saturated carbocycles. The third kappa shape index (κ3) is 3.57. The summed E-state index contributed by atoms with van der Waals surface area (Å²) in [5.41, 5.74) is 0.445. The van der Waals surface area contributed by atoms with Crippen LogP contribution in [0.5, 0.6) is 0 Å². The fraction of sp³-hybridized carbons (Fsp3) is 0.0385. The van der Waals surface area contributed by atoms with E-state index in [4.69, 9.17) is 0 Å². The van der Waals surface area contributed by atoms with Gasteiger partial charge in [-0.3, -0.25) is 4.79 Å². The summed E-state index contributed by atoms with van der Waals surface area (Å²) < 4.78 is 0. The van der Waals surface area contributed by atoms with Crippen LogP contribution in [0.3, 0.4) is 0 Å². The molecule has 1 amide bonds. The van der Waals surface area contributed by atoms with Gasteiger partial charge in [-0.15, -0.1) is 22.7 Å². The zero-order chi connectivity index (χ0) is 21.3. The summed E-state index contributed by atoms with van der Waals surface area (Å²) in [5.74, 6) is -0.211. The van der Waals surface area contributed by atoms with Gasteiger partial charge >= 0.3 is 0 Å². The van der Waals surface area contributed by atoms with Gasteiger partial charge < -0.3 is 10.4 Å². The van der Waals surface area contributed by atoms with Crippen molar-refractivity contribution >= 4 is 45.0 Å². The van der Waals surface area contributed by atoms with Crippen LogP contribution in [0.1, 0.15) is 25.7 Å². The predicted octanol–water partition coefficient (Wildman–Crippen LogP) is 6.50. The average Bonchev–Trinajstić information content (AvgIpc) is 3.54. The molecule has 0 aliphatic rings. The number of carbonyl (C=O) groups is 1. The summed E-state index contributed by atoms with van der Waals surface area (Å²) in [7, 11) is 0. The van der Waals surface area contributed by atoms with Gasteiger partial charge in [-0.05, 0) is 57.9 Å². The van der Waals surface area contributed by atoms with Gasteiger partial charge in [0.05, 0.1) is 0 Å². The Morgan fingerprint density at radius 3 is 1.90 bits per heavy atom. The zero-order valence-corrected chi connectivity index (χ0v) is 18.1. The number of amides is 1. The van der Waals surface area contributed by atoms with Crippen molar-refractivity contribution < 1.29 is 9.90 Å². The van der Waals surface area contributed by atoms with E-state index in [2.05, 4.69) is 5.32 Å². The number of hydrogen-bond donors (Lipinski definition) is 2. The number of nitrogens with one attached hydrogen (secondary N) is 1. The minimum absolute atomic E-state index is 0.211. The van der Waals surface area contributed by atoms with Crippen LogP contribution < -0.4 is 5.32 Å². The molecule has 5 aromatic rings. The molecule has 3 nitrogen and oxygen atoms in total. The van der Waals surface area contributed by atoms with E-state index < -0.39 is 5.60 Å². The summed E-state index contributed by atoms with van der Waals surface area (Å²) in [5, 5.41) is 21.2. The SMILES string of the molecule is O=C(Nc1cc2ccccc2cc1C(O)(c1cccs1)c1cccs1)c1ccccc1. The summed E-state index contributed by atoms with van der Waals surface area (Å²) >= 11 is 2.99. The van der Waals surface area contributed by atoms with Crippen LogP contribution in [0.2, 0.25) is 0 Å². The van der Waals surface area contributed by atoms with Gasteiger partial charge in [0.1, 0.15) is 0 Å². The van der Waals surface area contributed by atoms with E-state index >= 15 is 0 Å². The van der Waals surface area contributed by atoms with Crippen molar-refractivity contribution in [1.82, 2.24) is 0 Å². The minimum Gasteiger partial charge on any atom is -0.374 e. The molecule has 0 saturated heterocycles. The highest BCUT2D eigenvalue weighted by Gasteiger charge is 2.38. The second-order valence-corrected chi connectivity index (χ2v) is 9.13. The van der Waals surface area contributed by atoms with Gasteiger partial charge in [0.2, 0.25) is 0 Å². The Hall–Kier alpha value is -3.25. The molecule has 0 radical (unpaired) electrons. The molecule has 152 valence electrons. The molecule has 31 heavy (non-hydrogen) atoms. The van der Waals surface area contributed by atoms with Gasteiger partial charge in [-0.2, -0.15) is 0 Å². The lowest BCUT2D eigenvalue weighted by molar-refractivity contribution is 0.102. The van der Waals surface area contributed by atoms with Crippen LogP contribution in [0, 0.1) is 0 Å². The topological polar surface area (TPSA) is 49.3 Å². The Morgan fingerprint density at radius 2 is 1.32 bits per heavy atom. The third-order valence-electron chi connectivity index (χ3n) is 5.32. The van der Waals surface area contributed by atoms with Crippen LogP contribution in [0.25, 0.3) is 10.8 Å². The molecule has 2 heterocycles. The Labute approximate surface area is 188 Å². The second kappa shape index (κ2) is 8.12. The summed E-state index contributed by atoms with van der Waals surface area (Å²) in [4.78, 5) is 14.6. The fourth-order valence-corrected chi connectivity index (χ4v) is 5.55. The lowest BCUT2D eigenvalue weighted by atomic mass is 9.87. The Bertz CT molecular complexity index is 1290. The van der Waals surface area contributed by atoms with Gasteiger partial charge in [0, 0.05) is 26.6 Å². The van der Waals surface area contributed by atoms with E-state index in [0.717, 1.165) is 20.5 Å². The number of thiophene rings is 2. The summed E-state index contributed by atoms with van der Waals surface area (Å²) in [6, 6.07) is 28.7. The van der Waals surface area contributed by atoms with E-state index in [9.17, 15) is 9.90 Å². The maximum absolute atomic E-state index is 13.0. The van der Waals surface area contributed by atoms with E-state index in [0.29, 0.717) is 16.8 Å². The quantitative estimate of drug-likeness (QED) is 0.327. The van der Waals surface area contributed by atoms with Gasteiger partial charge in [-0.25, -0.2) is 0 Å². The molecule has 0 aliphatic carbocycles. The number of hydrogen-bond acceptors (Lipinski definition) is 4. The molecular formula is C26H19NO2S2. The molecule has 2 N–H and O–H groups in total. The standard InChI is InChI=1S/C26H19NO2S2/c28-25(18-8-2-1-3-9-18)27-22-17-20-11-5-4-10-19(20)16-21(22)26(29,23-12-6-14-30-23)24-13-7-15-31-24/h1-17,29H,(H,27,28). The smallest absolute Gasteiger partial charge is 0.255 e. The highest BCUT2D eigenvalue weighted by molar-refractivity contribution is 7.11. The Morgan fingerprint density at radius 1 is 0.742 bits per heavy atom. The monoisotopic (exact) mass is 441 g/mol. The van der Waals surface area contributed by atoms with Crippen molar-refractivity contribution in [2.45, 2.75) is 5.60 Å². The normalized spacial score (nSPS) is 11.5. The molecule has 0 unspecified atom stereocenters. The first-order valence-corrected chi connectivity index (χ1v) is 11.6. The summed E-state index contributed by atoms with van der Waals surface area (Å²) in [6.07, 6.45) is 0. The molecule has 2 aromatic heterocycles. The number of rotatable bonds is 5. The zero-order valence-electron chi connectivity index (χ0n) is 16.5. The van der Waals surface area contributed by atoms with Crippen molar-refractivity contribution in [2.75, 3.05) is 5.32 Å². The first-order chi connectivity index (χ1) is 15.2. The number of aliphatic hydroxyl groups is 1. The van der Waals surface area contributed by atoms with Crippen LogP contribution in [-0.4, -0.2) is 11.0 Å². The maximum atomic E-state index is 13.0. The second-order valence-electron chi connectivity index (χ2n) is 7.23. The minimum atomic E-state index is -1.37. The average molecular weight is 442 g/mol. The van der Waals surface area contributed by atoms with Crippen molar-refractivity contribution in [2.24, 2.45) is 0 Å². The Kier molecular flexibility index (Phi) is 5.16. The molecule has 5 heteroatoms. The van der Waals surface area contributed by atoms with Crippen molar-refractivity contribution in [1.29, 1.82) is 0 Å². The van der Waals surface area contributed by atoms with Gasteiger partial charge in [-0.1, -0.05) is 54.6 Å². The van der Waals surface area contributed by atoms with Crippen LogP contribution in [-0.2, 0) is 5.60 Å². The van der Waals surface area contributed by atoms with Gasteiger partial charge in [0.25, 0.3) is 5.91 Å². The molecule has 5 rings (SSSR count). The molecule has 0 fully saturated rings. The highest BCUT2D eigenvalue weighted by atomic mass is 32.1. The molecule has 0 spiro atoms. The predicted molar refractivity (Wildman–Crippen MR) is 129 cm³/mol. The molecule has 0 atom stereocenters. The molecule has 0 aliphatic heterocycles. The number of carbonyl (C=O) groups excluding carboxylic acids is 1. The van der Waals surface area contributed by atoms with E-state index in [1.165, 1.54) is 22.7 Å². The molecule has 3 aromatic carbocycles. The third-order valence-corrected chi connectivity index (χ3v) is 7.27.